The summed E-state index contributed by atoms with van der Waals surface area (Å²) in [6.45, 7) is 0. The molecule has 1 rings (SSSR count). The Morgan fingerprint density at radius 2 is 2.15 bits per heavy atom. The van der Waals surface area contributed by atoms with Gasteiger partial charge in [0, 0.05) is 0 Å². The van der Waals surface area contributed by atoms with Gasteiger partial charge in [-0.15, -0.1) is 0 Å². The average Bonchev–Trinajstić information content (AvgIpc) is 2.16. The van der Waals surface area contributed by atoms with Crippen LogP contribution in [-0.2, 0) is 9.53 Å². The number of carbonyl (C=O) groups excluding carboxylic acids is 1. The first-order chi connectivity index (χ1) is 6.16. The van der Waals surface area contributed by atoms with Crippen LogP contribution in [0.2, 0.25) is 0 Å². The minimum Gasteiger partial charge on any atom is -0.467 e. The van der Waals surface area contributed by atoms with Gasteiger partial charge >= 0.3 is 5.97 Å². The van der Waals surface area contributed by atoms with Crippen LogP contribution in [0.5, 0.6) is 0 Å². The van der Waals surface area contributed by atoms with Crippen LogP contribution in [0.25, 0.3) is 0 Å². The van der Waals surface area contributed by atoms with E-state index in [2.05, 4.69) is 4.74 Å². The van der Waals surface area contributed by atoms with Gasteiger partial charge in [0.05, 0.1) is 7.11 Å². The van der Waals surface area contributed by atoms with Crippen molar-refractivity contribution < 1.29 is 14.6 Å². The monoisotopic (exact) mass is 176 g/mol. The number of hydrogen-bond acceptors (Lipinski definition) is 3. The fourth-order valence-electron chi connectivity index (χ4n) is 0.999. The third-order valence-electron chi connectivity index (χ3n) is 1.72. The van der Waals surface area contributed by atoms with Crippen LogP contribution in [0, 0.1) is 0 Å². The van der Waals surface area contributed by atoms with Crippen molar-refractivity contribution in [2.24, 2.45) is 0 Å². The molecule has 0 aromatic heterocycles. The molecule has 0 saturated heterocycles. The first-order valence-electron chi connectivity index (χ1n) is 3.77. The number of methoxy groups -OCH3 is 1. The number of hydrogen-bond donors (Lipinski definition) is 1. The second-order valence-corrected chi connectivity index (χ2v) is 2.55. The molecule has 0 aliphatic heterocycles. The van der Waals surface area contributed by atoms with Crippen molar-refractivity contribution in [3.8, 4) is 0 Å². The molecule has 1 atom stereocenters. The average molecular weight is 176 g/mol. The Morgan fingerprint density at radius 1 is 1.54 bits per heavy atom. The maximum absolute atomic E-state index is 10.9. The Hall–Kier alpha value is -1.29. The number of carbonyl (C=O) groups is 1. The van der Waals surface area contributed by atoms with Gasteiger partial charge in [-0.05, 0) is 5.56 Å². The van der Waals surface area contributed by atoms with E-state index < -0.39 is 12.1 Å². The molecule has 13 heavy (non-hydrogen) atoms. The number of ether oxygens (including phenoxy) is 1. The third kappa shape index (κ3) is 2.09. The summed E-state index contributed by atoms with van der Waals surface area (Å²) in [6.07, 6.45) is -1.30. The number of rotatable bonds is 2. The standard InChI is InChI=1S/C9H9BO3/c1-13-9(12)8(11)6-4-2-3-5-7(6)10/h2-5,8,11H,1H3. The lowest BCUT2D eigenvalue weighted by molar-refractivity contribution is -0.150. The van der Waals surface area contributed by atoms with Crippen molar-refractivity contribution in [3.63, 3.8) is 0 Å². The van der Waals surface area contributed by atoms with Gasteiger partial charge in [-0.1, -0.05) is 29.7 Å². The highest BCUT2D eigenvalue weighted by molar-refractivity contribution is 6.33. The summed E-state index contributed by atoms with van der Waals surface area (Å²) in [7, 11) is 6.76. The van der Waals surface area contributed by atoms with E-state index in [9.17, 15) is 9.90 Å². The van der Waals surface area contributed by atoms with Crippen LogP contribution < -0.4 is 5.46 Å². The summed E-state index contributed by atoms with van der Waals surface area (Å²) in [5.41, 5.74) is 0.745. The Labute approximate surface area is 77.7 Å². The third-order valence-corrected chi connectivity index (χ3v) is 1.72. The van der Waals surface area contributed by atoms with Crippen molar-refractivity contribution in [2.75, 3.05) is 7.11 Å². The molecule has 0 saturated carbocycles. The Kier molecular flexibility index (Phi) is 3.09. The van der Waals surface area contributed by atoms with Crippen LogP contribution >= 0.6 is 0 Å². The number of benzene rings is 1. The maximum Gasteiger partial charge on any atom is 0.339 e. The normalized spacial score (nSPS) is 12.2. The van der Waals surface area contributed by atoms with Crippen molar-refractivity contribution in [3.05, 3.63) is 29.8 Å². The van der Waals surface area contributed by atoms with E-state index in [1.54, 1.807) is 24.3 Å². The van der Waals surface area contributed by atoms with E-state index in [4.69, 9.17) is 7.85 Å². The molecule has 0 spiro atoms. The minimum absolute atomic E-state index is 0.370. The summed E-state index contributed by atoms with van der Waals surface area (Å²) in [5.74, 6) is -0.710. The van der Waals surface area contributed by atoms with Gasteiger partial charge in [0.25, 0.3) is 0 Å². The van der Waals surface area contributed by atoms with E-state index in [1.165, 1.54) is 7.11 Å². The highest BCUT2D eigenvalue weighted by Crippen LogP contribution is 2.10. The smallest absolute Gasteiger partial charge is 0.339 e. The van der Waals surface area contributed by atoms with E-state index in [0.717, 1.165) is 0 Å². The lowest BCUT2D eigenvalue weighted by Gasteiger charge is -2.10. The quantitative estimate of drug-likeness (QED) is 0.496. The predicted molar refractivity (Wildman–Crippen MR) is 48.8 cm³/mol. The number of aliphatic hydroxyl groups excluding tert-OH is 1. The Morgan fingerprint density at radius 3 is 2.69 bits per heavy atom. The van der Waals surface area contributed by atoms with Gasteiger partial charge < -0.3 is 9.84 Å². The van der Waals surface area contributed by atoms with Gasteiger partial charge in [0.1, 0.15) is 7.85 Å². The summed E-state index contributed by atoms with van der Waals surface area (Å²) >= 11 is 0. The zero-order valence-electron chi connectivity index (χ0n) is 7.23. The lowest BCUT2D eigenvalue weighted by Crippen LogP contribution is -2.21. The van der Waals surface area contributed by atoms with Crippen molar-refractivity contribution in [1.82, 2.24) is 0 Å². The molecule has 0 heterocycles. The molecule has 0 aliphatic carbocycles. The van der Waals surface area contributed by atoms with Crippen LogP contribution in [-0.4, -0.2) is 26.0 Å². The second kappa shape index (κ2) is 4.09. The molecule has 4 heteroatoms. The molecule has 1 aromatic rings. The number of aliphatic hydroxyl groups is 1. The molecular weight excluding hydrogens is 167 g/mol. The fraction of sp³-hybridized carbons (Fsp3) is 0.222. The largest absolute Gasteiger partial charge is 0.467 e. The van der Waals surface area contributed by atoms with Crippen molar-refractivity contribution in [1.29, 1.82) is 0 Å². The molecule has 1 N–H and O–H groups in total. The van der Waals surface area contributed by atoms with Crippen molar-refractivity contribution >= 4 is 19.3 Å². The van der Waals surface area contributed by atoms with Gasteiger partial charge in [-0.25, -0.2) is 4.79 Å². The highest BCUT2D eigenvalue weighted by atomic mass is 16.5. The van der Waals surface area contributed by atoms with E-state index in [1.807, 2.05) is 0 Å². The van der Waals surface area contributed by atoms with Crippen LogP contribution in [0.15, 0.2) is 24.3 Å². The zero-order chi connectivity index (χ0) is 9.84. The van der Waals surface area contributed by atoms with Crippen LogP contribution in [0.3, 0.4) is 0 Å². The summed E-state index contributed by atoms with van der Waals surface area (Å²) in [5, 5.41) is 9.42. The molecule has 3 nitrogen and oxygen atoms in total. The van der Waals surface area contributed by atoms with Crippen LogP contribution in [0.4, 0.5) is 0 Å². The van der Waals surface area contributed by atoms with E-state index in [-0.39, 0.29) is 0 Å². The van der Waals surface area contributed by atoms with Gasteiger partial charge in [-0.3, -0.25) is 0 Å². The molecule has 1 unspecified atom stereocenters. The lowest BCUT2D eigenvalue weighted by atomic mass is 9.88. The fourth-order valence-corrected chi connectivity index (χ4v) is 0.999. The second-order valence-electron chi connectivity index (χ2n) is 2.55. The summed E-state index contributed by atoms with van der Waals surface area (Å²) in [6, 6.07) is 6.61. The number of esters is 1. The van der Waals surface area contributed by atoms with Gasteiger partial charge in [-0.2, -0.15) is 0 Å². The van der Waals surface area contributed by atoms with Gasteiger partial charge in [0.2, 0.25) is 0 Å². The molecule has 0 fully saturated rings. The maximum atomic E-state index is 10.9. The molecule has 0 bridgehead atoms. The van der Waals surface area contributed by atoms with E-state index in [0.29, 0.717) is 11.0 Å². The van der Waals surface area contributed by atoms with Crippen molar-refractivity contribution in [2.45, 2.75) is 6.10 Å². The topological polar surface area (TPSA) is 46.5 Å². The first kappa shape index (κ1) is 9.80. The summed E-state index contributed by atoms with van der Waals surface area (Å²) < 4.78 is 4.38. The molecule has 0 amide bonds. The molecule has 2 radical (unpaired) electrons. The minimum atomic E-state index is -1.30. The zero-order valence-corrected chi connectivity index (χ0v) is 7.23. The first-order valence-corrected chi connectivity index (χ1v) is 3.77. The van der Waals surface area contributed by atoms with E-state index >= 15 is 0 Å². The molecule has 0 aliphatic rings. The van der Waals surface area contributed by atoms with Gasteiger partial charge in [0.15, 0.2) is 6.10 Å². The SMILES string of the molecule is [B]c1ccccc1C(O)C(=O)OC. The molecule has 1 aromatic carbocycles. The Bertz CT molecular complexity index is 311. The Balaban J connectivity index is 2.95. The highest BCUT2D eigenvalue weighted by Gasteiger charge is 2.18. The molecular formula is C9H9BO3. The summed E-state index contributed by atoms with van der Waals surface area (Å²) in [4.78, 5) is 10.9. The predicted octanol–water partition coefficient (Wildman–Crippen LogP) is -0.313. The molecule has 66 valence electrons. The van der Waals surface area contributed by atoms with Crippen LogP contribution in [0.1, 0.15) is 11.7 Å².